The van der Waals surface area contributed by atoms with Crippen molar-refractivity contribution in [2.45, 2.75) is 39.5 Å². The largest absolute Gasteiger partial charge is 0.323 e. The molecule has 0 amide bonds. The summed E-state index contributed by atoms with van der Waals surface area (Å²) in [5.74, 6) is 0.200. The first-order chi connectivity index (χ1) is 9.56. The van der Waals surface area contributed by atoms with Crippen LogP contribution in [0.1, 0.15) is 49.9 Å². The van der Waals surface area contributed by atoms with E-state index in [1.54, 1.807) is 12.1 Å². The van der Waals surface area contributed by atoms with E-state index in [2.05, 4.69) is 32.8 Å². The molecule has 0 bridgehead atoms. The van der Waals surface area contributed by atoms with Gasteiger partial charge in [0.1, 0.15) is 0 Å². The van der Waals surface area contributed by atoms with Gasteiger partial charge in [0.2, 0.25) is 0 Å². The monoisotopic (exact) mass is 338 g/mol. The van der Waals surface area contributed by atoms with Gasteiger partial charge in [-0.3, -0.25) is 4.79 Å². The highest BCUT2D eigenvalue weighted by Gasteiger charge is 2.20. The molecule has 0 aliphatic rings. The Morgan fingerprint density at radius 2 is 1.90 bits per heavy atom. The molecule has 2 rings (SSSR count). The second-order valence-corrected chi connectivity index (χ2v) is 5.92. The first-order valence-corrected chi connectivity index (χ1v) is 7.81. The molecular weight excluding hydrogens is 320 g/mol. The molecule has 0 saturated heterocycles. The van der Waals surface area contributed by atoms with E-state index in [-0.39, 0.29) is 17.4 Å². The number of carbonyl (C=O) groups is 1. The molecule has 108 valence electrons. The van der Waals surface area contributed by atoms with Gasteiger partial charge in [-0.25, -0.2) is 4.79 Å². The molecule has 0 aliphatic carbocycles. The molecule has 4 nitrogen and oxygen atoms in total. The maximum absolute atomic E-state index is 12.6. The van der Waals surface area contributed by atoms with Gasteiger partial charge in [0.05, 0.1) is 11.0 Å². The van der Waals surface area contributed by atoms with Crippen LogP contribution in [-0.4, -0.2) is 15.8 Å². The zero-order valence-corrected chi connectivity index (χ0v) is 13.3. The fraction of sp³-hybridized carbons (Fsp3) is 0.467. The number of imidazole rings is 1. The van der Waals surface area contributed by atoms with Crippen molar-refractivity contribution in [1.29, 1.82) is 0 Å². The van der Waals surface area contributed by atoms with E-state index >= 15 is 0 Å². The Morgan fingerprint density at radius 3 is 2.50 bits per heavy atom. The smallest absolute Gasteiger partial charge is 0.306 e. The summed E-state index contributed by atoms with van der Waals surface area (Å²) in [6, 6.07) is 3.54. The summed E-state index contributed by atoms with van der Waals surface area (Å²) >= 11 is 3.44. The summed E-state index contributed by atoms with van der Waals surface area (Å²) in [5.41, 5.74) is 1.78. The number of rotatable bonds is 6. The molecule has 0 spiro atoms. The fourth-order valence-electron chi connectivity index (χ4n) is 2.44. The van der Waals surface area contributed by atoms with Gasteiger partial charge in [-0.05, 0) is 40.9 Å². The lowest BCUT2D eigenvalue weighted by Gasteiger charge is -2.14. The van der Waals surface area contributed by atoms with Crippen molar-refractivity contribution in [2.75, 3.05) is 0 Å². The normalized spacial score (nSPS) is 12.8. The maximum atomic E-state index is 12.6. The lowest BCUT2D eigenvalue weighted by atomic mass is 9.90. The third-order valence-electron chi connectivity index (χ3n) is 3.64. The second-order valence-electron chi connectivity index (χ2n) is 5.07. The average molecular weight is 339 g/mol. The Balaban J connectivity index is 2.37. The van der Waals surface area contributed by atoms with Crippen LogP contribution >= 0.6 is 15.9 Å². The predicted molar refractivity (Wildman–Crippen MR) is 84.3 cm³/mol. The van der Waals surface area contributed by atoms with Gasteiger partial charge in [0.15, 0.2) is 5.78 Å². The number of unbranched alkanes of at least 4 members (excludes halogenated alkanes) is 1. The van der Waals surface area contributed by atoms with Crippen LogP contribution in [0, 0.1) is 5.92 Å². The zero-order chi connectivity index (χ0) is 14.7. The van der Waals surface area contributed by atoms with Crippen LogP contribution in [0.4, 0.5) is 0 Å². The van der Waals surface area contributed by atoms with Crippen LogP contribution in [0.3, 0.4) is 0 Å². The average Bonchev–Trinajstić information content (AvgIpc) is 2.77. The van der Waals surface area contributed by atoms with Gasteiger partial charge < -0.3 is 9.97 Å². The molecule has 0 saturated carbocycles. The molecule has 1 atom stereocenters. The Labute approximate surface area is 126 Å². The van der Waals surface area contributed by atoms with Crippen molar-refractivity contribution in [3.63, 3.8) is 0 Å². The van der Waals surface area contributed by atoms with Crippen LogP contribution in [-0.2, 0) is 0 Å². The van der Waals surface area contributed by atoms with Crippen LogP contribution in [0.5, 0.6) is 0 Å². The summed E-state index contributed by atoms with van der Waals surface area (Å²) in [4.78, 5) is 29.3. The topological polar surface area (TPSA) is 65.7 Å². The van der Waals surface area contributed by atoms with E-state index in [1.165, 1.54) is 0 Å². The number of fused-ring (bicyclic) bond motifs is 1. The van der Waals surface area contributed by atoms with Crippen molar-refractivity contribution in [1.82, 2.24) is 9.97 Å². The van der Waals surface area contributed by atoms with Gasteiger partial charge >= 0.3 is 5.69 Å². The third kappa shape index (κ3) is 3.03. The lowest BCUT2D eigenvalue weighted by Crippen LogP contribution is -2.14. The first kappa shape index (κ1) is 15.0. The molecule has 0 fully saturated rings. The summed E-state index contributed by atoms with van der Waals surface area (Å²) < 4.78 is 0.736. The Morgan fingerprint density at radius 1 is 1.25 bits per heavy atom. The number of Topliss-reactive ketones (excluding diaryl/α,β-unsaturated/α-hetero) is 1. The molecule has 1 aromatic carbocycles. The third-order valence-corrected chi connectivity index (χ3v) is 4.29. The van der Waals surface area contributed by atoms with Gasteiger partial charge in [-0.2, -0.15) is 0 Å². The highest BCUT2D eigenvalue weighted by atomic mass is 79.9. The van der Waals surface area contributed by atoms with Crippen LogP contribution in [0.2, 0.25) is 0 Å². The van der Waals surface area contributed by atoms with Crippen molar-refractivity contribution in [3.05, 3.63) is 32.7 Å². The van der Waals surface area contributed by atoms with Crippen molar-refractivity contribution in [2.24, 2.45) is 5.92 Å². The number of ketones is 1. The number of aromatic nitrogens is 2. The Kier molecular flexibility index (Phi) is 4.81. The molecule has 0 aliphatic heterocycles. The summed E-state index contributed by atoms with van der Waals surface area (Å²) in [7, 11) is 0. The van der Waals surface area contributed by atoms with Gasteiger partial charge in [0.25, 0.3) is 0 Å². The van der Waals surface area contributed by atoms with Crippen molar-refractivity contribution >= 4 is 32.7 Å². The molecular formula is C15H19BrN2O2. The first-order valence-electron chi connectivity index (χ1n) is 7.02. The van der Waals surface area contributed by atoms with E-state index < -0.39 is 0 Å². The van der Waals surface area contributed by atoms with Crippen molar-refractivity contribution in [3.8, 4) is 0 Å². The minimum atomic E-state index is -0.255. The maximum Gasteiger partial charge on any atom is 0.323 e. The summed E-state index contributed by atoms with van der Waals surface area (Å²) in [6.45, 7) is 4.17. The molecule has 1 aromatic heterocycles. The van der Waals surface area contributed by atoms with Crippen molar-refractivity contribution < 1.29 is 4.79 Å². The molecule has 1 heterocycles. The molecule has 1 unspecified atom stereocenters. The Bertz CT molecular complexity index is 672. The minimum Gasteiger partial charge on any atom is -0.306 e. The fourth-order valence-corrected chi connectivity index (χ4v) is 2.97. The molecule has 2 aromatic rings. The van der Waals surface area contributed by atoms with E-state index in [4.69, 9.17) is 0 Å². The number of carbonyl (C=O) groups excluding carboxylic acids is 1. The number of nitrogens with one attached hydrogen (secondary N) is 2. The van der Waals surface area contributed by atoms with Gasteiger partial charge in [-0.1, -0.05) is 26.7 Å². The highest BCUT2D eigenvalue weighted by Crippen LogP contribution is 2.27. The SMILES string of the molecule is CCCCC(CC)C(=O)c1cc2[nH]c(=O)[nH]c2cc1Br. The zero-order valence-electron chi connectivity index (χ0n) is 11.8. The molecule has 20 heavy (non-hydrogen) atoms. The Hall–Kier alpha value is -1.36. The minimum absolute atomic E-state index is 0.0503. The van der Waals surface area contributed by atoms with Gasteiger partial charge in [-0.15, -0.1) is 0 Å². The number of hydrogen-bond acceptors (Lipinski definition) is 2. The molecule has 2 N–H and O–H groups in total. The van der Waals surface area contributed by atoms with Crippen LogP contribution < -0.4 is 5.69 Å². The summed E-state index contributed by atoms with van der Waals surface area (Å²) in [5, 5.41) is 0. The number of benzene rings is 1. The highest BCUT2D eigenvalue weighted by molar-refractivity contribution is 9.10. The summed E-state index contributed by atoms with van der Waals surface area (Å²) in [6.07, 6.45) is 3.91. The van der Waals surface area contributed by atoms with Crippen LogP contribution in [0.15, 0.2) is 21.4 Å². The van der Waals surface area contributed by atoms with E-state index in [1.807, 2.05) is 6.92 Å². The van der Waals surface area contributed by atoms with E-state index in [0.29, 0.717) is 16.6 Å². The number of hydrogen-bond donors (Lipinski definition) is 2. The van der Waals surface area contributed by atoms with E-state index in [9.17, 15) is 9.59 Å². The second kappa shape index (κ2) is 6.39. The molecule has 5 heteroatoms. The number of aromatic amines is 2. The standard InChI is InChI=1S/C15H19BrN2O2/c1-3-5-6-9(4-2)14(19)10-7-12-13(8-11(10)16)18-15(20)17-12/h7-9H,3-6H2,1-2H3,(H2,17,18,20). The quantitative estimate of drug-likeness (QED) is 0.781. The van der Waals surface area contributed by atoms with E-state index in [0.717, 1.165) is 30.2 Å². The number of H-pyrrole nitrogens is 2. The number of halogens is 1. The lowest BCUT2D eigenvalue weighted by molar-refractivity contribution is 0.0907. The van der Waals surface area contributed by atoms with Gasteiger partial charge in [0, 0.05) is 16.0 Å². The molecule has 0 radical (unpaired) electrons. The predicted octanol–water partition coefficient (Wildman–Crippen LogP) is 4.02. The van der Waals surface area contributed by atoms with Crippen LogP contribution in [0.25, 0.3) is 11.0 Å².